The number of benzene rings is 1. The molecular weight excluding hydrogens is 324 g/mol. The predicted octanol–water partition coefficient (Wildman–Crippen LogP) is 2.49. The number of anilines is 1. The van der Waals surface area contributed by atoms with Crippen molar-refractivity contribution in [1.82, 2.24) is 4.98 Å². The van der Waals surface area contributed by atoms with Gasteiger partial charge in [0.05, 0.1) is 16.9 Å². The molecule has 132 valence electrons. The minimum absolute atomic E-state index is 0.0601. The van der Waals surface area contributed by atoms with Gasteiger partial charge in [-0.05, 0) is 57.2 Å². The summed E-state index contributed by atoms with van der Waals surface area (Å²) in [5, 5.41) is 21.3. The van der Waals surface area contributed by atoms with E-state index in [2.05, 4.69) is 10.3 Å². The van der Waals surface area contributed by atoms with Gasteiger partial charge in [0.1, 0.15) is 18.1 Å². The van der Waals surface area contributed by atoms with Crippen molar-refractivity contribution in [2.24, 2.45) is 0 Å². The molecule has 0 saturated heterocycles. The molecule has 7 nitrogen and oxygen atoms in total. The number of carboxylic acids is 1. The Kier molecular flexibility index (Phi) is 5.38. The van der Waals surface area contributed by atoms with Crippen LogP contribution in [0.4, 0.5) is 5.69 Å². The number of aryl methyl sites for hydroxylation is 1. The minimum atomic E-state index is -1.08. The summed E-state index contributed by atoms with van der Waals surface area (Å²) in [6.07, 6.45) is 0. The quantitative estimate of drug-likeness (QED) is 0.743. The smallest absolute Gasteiger partial charge is 0.337 e. The largest absolute Gasteiger partial charge is 0.491 e. The lowest BCUT2D eigenvalue weighted by Crippen LogP contribution is -2.27. The van der Waals surface area contributed by atoms with E-state index in [1.54, 1.807) is 38.1 Å². The summed E-state index contributed by atoms with van der Waals surface area (Å²) in [7, 11) is 0. The molecule has 1 heterocycles. The Morgan fingerprint density at radius 3 is 2.32 bits per heavy atom. The molecule has 2 rings (SSSR count). The second-order valence-electron chi connectivity index (χ2n) is 6.21. The molecule has 3 N–H and O–H groups in total. The number of pyridine rings is 1. The van der Waals surface area contributed by atoms with Crippen molar-refractivity contribution in [2.45, 2.75) is 26.4 Å². The van der Waals surface area contributed by atoms with Gasteiger partial charge >= 0.3 is 5.97 Å². The zero-order valence-corrected chi connectivity index (χ0v) is 14.2. The third-order valence-corrected chi connectivity index (χ3v) is 3.25. The number of rotatable bonds is 6. The Hall–Kier alpha value is -2.93. The molecule has 0 spiro atoms. The Morgan fingerprint density at radius 1 is 1.16 bits per heavy atom. The maximum absolute atomic E-state index is 12.2. The van der Waals surface area contributed by atoms with E-state index in [4.69, 9.17) is 9.84 Å². The number of carboxylic acid groups (broad SMARTS) is 1. The zero-order chi connectivity index (χ0) is 18.6. The number of nitrogens with one attached hydrogen (secondary N) is 1. The SMILES string of the molecule is Cc1nc(C(=O)Nc2ccc(OCC(C)(C)O)cc2)ccc1C(=O)O. The number of carbonyl (C=O) groups is 2. The maximum Gasteiger partial charge on any atom is 0.337 e. The van der Waals surface area contributed by atoms with E-state index in [1.807, 2.05) is 0 Å². The fourth-order valence-corrected chi connectivity index (χ4v) is 2.00. The predicted molar refractivity (Wildman–Crippen MR) is 92.1 cm³/mol. The van der Waals surface area contributed by atoms with E-state index in [9.17, 15) is 14.7 Å². The molecule has 0 bridgehead atoms. The first-order valence-corrected chi connectivity index (χ1v) is 7.63. The first-order chi connectivity index (χ1) is 11.7. The van der Waals surface area contributed by atoms with E-state index >= 15 is 0 Å². The van der Waals surface area contributed by atoms with Crippen LogP contribution in [0.1, 0.15) is 40.4 Å². The van der Waals surface area contributed by atoms with Gasteiger partial charge in [-0.25, -0.2) is 9.78 Å². The number of nitrogens with zero attached hydrogens (tertiary/aromatic N) is 1. The van der Waals surface area contributed by atoms with Gasteiger partial charge in [-0.2, -0.15) is 0 Å². The molecular formula is C18H20N2O5. The lowest BCUT2D eigenvalue weighted by Gasteiger charge is -2.17. The highest BCUT2D eigenvalue weighted by Gasteiger charge is 2.14. The lowest BCUT2D eigenvalue weighted by atomic mass is 10.2. The van der Waals surface area contributed by atoms with E-state index < -0.39 is 17.5 Å². The second-order valence-corrected chi connectivity index (χ2v) is 6.21. The van der Waals surface area contributed by atoms with Gasteiger partial charge in [0.15, 0.2) is 0 Å². The van der Waals surface area contributed by atoms with Crippen LogP contribution in [0, 0.1) is 6.92 Å². The summed E-state index contributed by atoms with van der Waals surface area (Å²) in [4.78, 5) is 27.2. The van der Waals surface area contributed by atoms with Crippen LogP contribution in [0.5, 0.6) is 5.75 Å². The van der Waals surface area contributed by atoms with Gasteiger partial charge < -0.3 is 20.3 Å². The number of aliphatic hydroxyl groups is 1. The van der Waals surface area contributed by atoms with Gasteiger partial charge in [0, 0.05) is 5.69 Å². The lowest BCUT2D eigenvalue weighted by molar-refractivity contribution is 0.0285. The van der Waals surface area contributed by atoms with E-state index in [0.29, 0.717) is 11.4 Å². The molecule has 0 aliphatic carbocycles. The van der Waals surface area contributed by atoms with E-state index in [-0.39, 0.29) is 23.6 Å². The standard InChI is InChI=1S/C18H20N2O5/c1-11-14(17(22)23)8-9-15(19-11)16(21)20-12-4-6-13(7-5-12)25-10-18(2,3)24/h4-9,24H,10H2,1-3H3,(H,20,21)(H,22,23). The van der Waals surface area contributed by atoms with Crippen LogP contribution in [-0.2, 0) is 0 Å². The Balaban J connectivity index is 2.03. The summed E-state index contributed by atoms with van der Waals surface area (Å²) >= 11 is 0. The molecule has 0 atom stereocenters. The number of hydrogen-bond acceptors (Lipinski definition) is 5. The normalized spacial score (nSPS) is 11.0. The average Bonchev–Trinajstić information content (AvgIpc) is 2.53. The summed E-state index contributed by atoms with van der Waals surface area (Å²) in [6, 6.07) is 9.40. The summed E-state index contributed by atoms with van der Waals surface area (Å²) < 4.78 is 5.44. The van der Waals surface area contributed by atoms with Crippen LogP contribution in [-0.4, -0.2) is 39.3 Å². The molecule has 0 fully saturated rings. The van der Waals surface area contributed by atoms with Crippen LogP contribution in [0.15, 0.2) is 36.4 Å². The first-order valence-electron chi connectivity index (χ1n) is 7.63. The molecule has 7 heteroatoms. The van der Waals surface area contributed by atoms with Crippen LogP contribution in [0.2, 0.25) is 0 Å². The molecule has 2 aromatic rings. The van der Waals surface area contributed by atoms with Crippen LogP contribution in [0.25, 0.3) is 0 Å². The van der Waals surface area contributed by atoms with Crippen molar-refractivity contribution >= 4 is 17.6 Å². The summed E-state index contributed by atoms with van der Waals surface area (Å²) in [6.45, 7) is 4.98. The number of aromatic carboxylic acids is 1. The Morgan fingerprint density at radius 2 is 1.80 bits per heavy atom. The van der Waals surface area contributed by atoms with Crippen molar-refractivity contribution in [3.63, 3.8) is 0 Å². The van der Waals surface area contributed by atoms with Gasteiger partial charge in [-0.1, -0.05) is 0 Å². The van der Waals surface area contributed by atoms with Crippen molar-refractivity contribution in [2.75, 3.05) is 11.9 Å². The molecule has 25 heavy (non-hydrogen) atoms. The van der Waals surface area contributed by atoms with Crippen LogP contribution < -0.4 is 10.1 Å². The van der Waals surface area contributed by atoms with Crippen molar-refractivity contribution in [3.8, 4) is 5.75 Å². The highest BCUT2D eigenvalue weighted by atomic mass is 16.5. The Labute approximate surface area is 145 Å². The highest BCUT2D eigenvalue weighted by molar-refractivity contribution is 6.03. The van der Waals surface area contributed by atoms with Gasteiger partial charge in [-0.3, -0.25) is 4.79 Å². The monoisotopic (exact) mass is 344 g/mol. The fraction of sp³-hybridized carbons (Fsp3) is 0.278. The van der Waals surface area contributed by atoms with Gasteiger partial charge in [-0.15, -0.1) is 0 Å². The summed E-state index contributed by atoms with van der Waals surface area (Å²) in [5.41, 5.74) is 0.0750. The zero-order valence-electron chi connectivity index (χ0n) is 14.2. The number of amides is 1. The fourth-order valence-electron chi connectivity index (χ4n) is 2.00. The third kappa shape index (κ3) is 5.29. The topological polar surface area (TPSA) is 109 Å². The molecule has 0 aliphatic heterocycles. The number of ether oxygens (including phenoxy) is 1. The second kappa shape index (κ2) is 7.31. The molecule has 0 unspecified atom stereocenters. The number of aromatic nitrogens is 1. The molecule has 1 amide bonds. The molecule has 0 saturated carbocycles. The molecule has 1 aromatic heterocycles. The van der Waals surface area contributed by atoms with E-state index in [0.717, 1.165) is 0 Å². The van der Waals surface area contributed by atoms with Crippen LogP contribution in [0.3, 0.4) is 0 Å². The highest BCUT2D eigenvalue weighted by Crippen LogP contribution is 2.18. The summed E-state index contributed by atoms with van der Waals surface area (Å²) in [5.74, 6) is -0.955. The molecule has 1 aromatic carbocycles. The van der Waals surface area contributed by atoms with Gasteiger partial charge in [0.2, 0.25) is 0 Å². The minimum Gasteiger partial charge on any atom is -0.491 e. The van der Waals surface area contributed by atoms with Crippen LogP contribution >= 0.6 is 0 Å². The Bertz CT molecular complexity index is 779. The van der Waals surface area contributed by atoms with Gasteiger partial charge in [0.25, 0.3) is 5.91 Å². The van der Waals surface area contributed by atoms with Crippen molar-refractivity contribution in [3.05, 3.63) is 53.3 Å². The average molecular weight is 344 g/mol. The first kappa shape index (κ1) is 18.4. The third-order valence-electron chi connectivity index (χ3n) is 3.25. The molecule has 0 radical (unpaired) electrons. The maximum atomic E-state index is 12.2. The van der Waals surface area contributed by atoms with Crippen molar-refractivity contribution in [1.29, 1.82) is 0 Å². The molecule has 0 aliphatic rings. The van der Waals surface area contributed by atoms with E-state index in [1.165, 1.54) is 19.1 Å². The number of hydrogen-bond donors (Lipinski definition) is 3. The van der Waals surface area contributed by atoms with Crippen molar-refractivity contribution < 1.29 is 24.5 Å². The number of carbonyl (C=O) groups excluding carboxylic acids is 1.